The van der Waals surface area contributed by atoms with Crippen LogP contribution in [0.25, 0.3) is 64.4 Å². The maximum atomic E-state index is 6.53. The third-order valence-corrected chi connectivity index (χ3v) is 7.81. The van der Waals surface area contributed by atoms with Gasteiger partial charge in [0, 0.05) is 47.1 Å². The number of rotatable bonds is 2. The zero-order valence-corrected chi connectivity index (χ0v) is 19.1. The molecule has 0 unspecified atom stereocenters. The van der Waals surface area contributed by atoms with E-state index >= 15 is 0 Å². The van der Waals surface area contributed by atoms with Crippen molar-refractivity contribution in [2.24, 2.45) is 0 Å². The molecule has 33 heavy (non-hydrogen) atoms. The first-order valence-electron chi connectivity index (χ1n) is 10.9. The molecular formula is C30H17ClOS. The second-order valence-corrected chi connectivity index (χ2v) is 9.74. The minimum Gasteiger partial charge on any atom is -0.455 e. The molecule has 2 aromatic heterocycles. The zero-order valence-electron chi connectivity index (χ0n) is 17.5. The van der Waals surface area contributed by atoms with E-state index in [2.05, 4.69) is 91.0 Å². The van der Waals surface area contributed by atoms with Crippen molar-refractivity contribution in [2.45, 2.75) is 0 Å². The van der Waals surface area contributed by atoms with Crippen molar-refractivity contribution in [3.05, 3.63) is 108 Å². The predicted octanol–water partition coefficient (Wildman–Crippen LogP) is 9.94. The molecule has 0 saturated heterocycles. The van der Waals surface area contributed by atoms with Gasteiger partial charge in [0.1, 0.15) is 11.2 Å². The topological polar surface area (TPSA) is 13.1 Å². The van der Waals surface area contributed by atoms with Crippen LogP contribution < -0.4 is 0 Å². The van der Waals surface area contributed by atoms with Gasteiger partial charge in [0.2, 0.25) is 0 Å². The molecule has 0 radical (unpaired) electrons. The first-order valence-corrected chi connectivity index (χ1v) is 12.1. The lowest BCUT2D eigenvalue weighted by Crippen LogP contribution is -1.84. The van der Waals surface area contributed by atoms with Crippen LogP contribution in [0.3, 0.4) is 0 Å². The van der Waals surface area contributed by atoms with Crippen LogP contribution in [0.4, 0.5) is 0 Å². The van der Waals surface area contributed by atoms with E-state index in [1.54, 1.807) is 0 Å². The normalized spacial score (nSPS) is 11.8. The fraction of sp³-hybridized carbons (Fsp3) is 0. The van der Waals surface area contributed by atoms with Crippen molar-refractivity contribution in [1.82, 2.24) is 0 Å². The largest absolute Gasteiger partial charge is 0.455 e. The van der Waals surface area contributed by atoms with Crippen molar-refractivity contribution in [1.29, 1.82) is 0 Å². The van der Waals surface area contributed by atoms with Crippen molar-refractivity contribution < 1.29 is 4.42 Å². The molecule has 0 bridgehead atoms. The van der Waals surface area contributed by atoms with Gasteiger partial charge in [-0.15, -0.1) is 11.3 Å². The molecule has 0 amide bonds. The summed E-state index contributed by atoms with van der Waals surface area (Å²) in [6.07, 6.45) is 0. The van der Waals surface area contributed by atoms with Crippen molar-refractivity contribution >= 4 is 65.0 Å². The third kappa shape index (κ3) is 2.85. The lowest BCUT2D eigenvalue weighted by Gasteiger charge is -2.09. The highest BCUT2D eigenvalue weighted by molar-refractivity contribution is 7.26. The van der Waals surface area contributed by atoms with E-state index in [-0.39, 0.29) is 0 Å². The number of benzene rings is 5. The van der Waals surface area contributed by atoms with Gasteiger partial charge in [0.15, 0.2) is 0 Å². The van der Waals surface area contributed by atoms with Gasteiger partial charge in [-0.2, -0.15) is 0 Å². The highest BCUT2D eigenvalue weighted by atomic mass is 35.5. The Bertz CT molecular complexity index is 1830. The Hall–Kier alpha value is -3.59. The van der Waals surface area contributed by atoms with E-state index in [0.29, 0.717) is 0 Å². The molecule has 0 spiro atoms. The summed E-state index contributed by atoms with van der Waals surface area (Å²) in [5.74, 6) is 0. The van der Waals surface area contributed by atoms with E-state index in [0.717, 1.165) is 32.5 Å². The second kappa shape index (κ2) is 7.21. The molecule has 0 fully saturated rings. The Kier molecular flexibility index (Phi) is 4.14. The molecule has 7 aromatic rings. The second-order valence-electron chi connectivity index (χ2n) is 8.25. The fourth-order valence-corrected chi connectivity index (χ4v) is 6.26. The van der Waals surface area contributed by atoms with Gasteiger partial charge < -0.3 is 4.42 Å². The summed E-state index contributed by atoms with van der Waals surface area (Å²) in [6, 6.07) is 35.9. The smallest absolute Gasteiger partial charge is 0.143 e. The van der Waals surface area contributed by atoms with Crippen LogP contribution >= 0.6 is 22.9 Å². The average Bonchev–Trinajstić information content (AvgIpc) is 3.43. The molecule has 7 rings (SSSR count). The van der Waals surface area contributed by atoms with Crippen LogP contribution in [0.2, 0.25) is 5.02 Å². The van der Waals surface area contributed by atoms with Gasteiger partial charge in [-0.1, -0.05) is 84.4 Å². The van der Waals surface area contributed by atoms with Crippen LogP contribution in [-0.4, -0.2) is 0 Å². The number of para-hydroxylation sites is 1. The summed E-state index contributed by atoms with van der Waals surface area (Å²) in [5.41, 5.74) is 6.52. The maximum Gasteiger partial charge on any atom is 0.143 e. The van der Waals surface area contributed by atoms with E-state index in [1.165, 1.54) is 36.9 Å². The molecule has 156 valence electrons. The van der Waals surface area contributed by atoms with Crippen LogP contribution in [0.15, 0.2) is 108 Å². The molecule has 3 heteroatoms. The number of furan rings is 1. The number of halogens is 1. The van der Waals surface area contributed by atoms with Gasteiger partial charge >= 0.3 is 0 Å². The lowest BCUT2D eigenvalue weighted by molar-refractivity contribution is 0.670. The summed E-state index contributed by atoms with van der Waals surface area (Å²) in [7, 11) is 0. The quantitative estimate of drug-likeness (QED) is 0.250. The van der Waals surface area contributed by atoms with Gasteiger partial charge in [0.25, 0.3) is 0 Å². The number of fused-ring (bicyclic) bond motifs is 6. The maximum absolute atomic E-state index is 6.53. The van der Waals surface area contributed by atoms with Gasteiger partial charge in [-0.05, 0) is 41.5 Å². The monoisotopic (exact) mass is 460 g/mol. The number of hydrogen-bond acceptors (Lipinski definition) is 2. The molecule has 0 aliphatic heterocycles. The zero-order chi connectivity index (χ0) is 21.9. The molecule has 0 aliphatic rings. The number of hydrogen-bond donors (Lipinski definition) is 0. The first kappa shape index (κ1) is 18.9. The Labute approximate surface area is 199 Å². The molecule has 5 aromatic carbocycles. The Morgan fingerprint density at radius 2 is 1.39 bits per heavy atom. The highest BCUT2D eigenvalue weighted by Crippen LogP contribution is 2.46. The standard InChI is InChI=1S/C30H17ClOS/c31-19-13-16-27-25(17-19)23-11-6-10-22(30(23)33-27)21-15-14-20(18-7-2-1-3-8-18)28-24-9-4-5-12-26(24)32-29(21)28/h1-17H. The summed E-state index contributed by atoms with van der Waals surface area (Å²) in [5, 5.41) is 5.50. The number of thiophene rings is 1. The predicted molar refractivity (Wildman–Crippen MR) is 142 cm³/mol. The molecule has 0 N–H and O–H groups in total. The average molecular weight is 461 g/mol. The van der Waals surface area contributed by atoms with E-state index < -0.39 is 0 Å². The molecule has 0 saturated carbocycles. The summed E-state index contributed by atoms with van der Waals surface area (Å²) in [4.78, 5) is 0. The van der Waals surface area contributed by atoms with Crippen molar-refractivity contribution in [2.75, 3.05) is 0 Å². The third-order valence-electron chi connectivity index (χ3n) is 6.36. The highest BCUT2D eigenvalue weighted by Gasteiger charge is 2.19. The van der Waals surface area contributed by atoms with E-state index in [9.17, 15) is 0 Å². The van der Waals surface area contributed by atoms with Crippen LogP contribution in [0, 0.1) is 0 Å². The molecule has 2 heterocycles. The van der Waals surface area contributed by atoms with Gasteiger partial charge in [-0.3, -0.25) is 0 Å². The summed E-state index contributed by atoms with van der Waals surface area (Å²) in [6.45, 7) is 0. The summed E-state index contributed by atoms with van der Waals surface area (Å²) < 4.78 is 9.02. The Balaban J connectivity index is 1.60. The van der Waals surface area contributed by atoms with Crippen molar-refractivity contribution in [3.8, 4) is 22.3 Å². The summed E-state index contributed by atoms with van der Waals surface area (Å²) >= 11 is 8.13. The van der Waals surface area contributed by atoms with Crippen LogP contribution in [0.1, 0.15) is 0 Å². The minimum absolute atomic E-state index is 0.763. The molecule has 0 atom stereocenters. The SMILES string of the molecule is Clc1ccc2sc3c(-c4ccc(-c5ccccc5)c5c4oc4ccccc45)cccc3c2c1. The minimum atomic E-state index is 0.763. The van der Waals surface area contributed by atoms with Gasteiger partial charge in [0.05, 0.1) is 0 Å². The fourth-order valence-electron chi connectivity index (χ4n) is 4.88. The first-order chi connectivity index (χ1) is 16.3. The van der Waals surface area contributed by atoms with Crippen LogP contribution in [-0.2, 0) is 0 Å². The lowest BCUT2D eigenvalue weighted by atomic mass is 9.94. The van der Waals surface area contributed by atoms with E-state index in [4.69, 9.17) is 16.0 Å². The molecule has 0 aliphatic carbocycles. The van der Waals surface area contributed by atoms with Gasteiger partial charge in [-0.25, -0.2) is 0 Å². The van der Waals surface area contributed by atoms with Crippen molar-refractivity contribution in [3.63, 3.8) is 0 Å². The molecular weight excluding hydrogens is 444 g/mol. The Morgan fingerprint density at radius 1 is 0.606 bits per heavy atom. The Morgan fingerprint density at radius 3 is 2.30 bits per heavy atom. The van der Waals surface area contributed by atoms with E-state index in [1.807, 2.05) is 23.5 Å². The molecule has 1 nitrogen and oxygen atoms in total. The van der Waals surface area contributed by atoms with Crippen LogP contribution in [0.5, 0.6) is 0 Å².